The summed E-state index contributed by atoms with van der Waals surface area (Å²) in [6, 6.07) is 6.64. The number of aromatic hydroxyl groups is 2. The van der Waals surface area contributed by atoms with Crippen LogP contribution >= 0.6 is 0 Å². The number of rotatable bonds is 3. The SMILES string of the molecule is N=C(c1cc([N+](=O)[O-])ccc1F)c1cccc(O)c1O. The summed E-state index contributed by atoms with van der Waals surface area (Å²) in [5.41, 5.74) is -1.28. The summed E-state index contributed by atoms with van der Waals surface area (Å²) in [7, 11) is 0. The van der Waals surface area contributed by atoms with Crippen LogP contribution in [-0.4, -0.2) is 20.8 Å². The summed E-state index contributed by atoms with van der Waals surface area (Å²) in [5.74, 6) is -1.87. The molecule has 0 saturated heterocycles. The van der Waals surface area contributed by atoms with Gasteiger partial charge in [-0.1, -0.05) is 6.07 Å². The van der Waals surface area contributed by atoms with Crippen molar-refractivity contribution in [3.63, 3.8) is 0 Å². The highest BCUT2D eigenvalue weighted by Crippen LogP contribution is 2.31. The minimum absolute atomic E-state index is 0.121. The number of hydrogen-bond donors (Lipinski definition) is 3. The Morgan fingerprint density at radius 2 is 1.90 bits per heavy atom. The van der Waals surface area contributed by atoms with Gasteiger partial charge in [0, 0.05) is 23.3 Å². The quantitative estimate of drug-likeness (QED) is 0.346. The lowest BCUT2D eigenvalue weighted by molar-refractivity contribution is -0.384. The molecule has 20 heavy (non-hydrogen) atoms. The molecule has 0 saturated carbocycles. The Morgan fingerprint density at radius 1 is 1.20 bits per heavy atom. The Balaban J connectivity index is 2.56. The highest BCUT2D eigenvalue weighted by Gasteiger charge is 2.18. The van der Waals surface area contributed by atoms with Crippen molar-refractivity contribution in [2.75, 3.05) is 0 Å². The van der Waals surface area contributed by atoms with Crippen LogP contribution < -0.4 is 0 Å². The van der Waals surface area contributed by atoms with E-state index in [2.05, 4.69) is 0 Å². The number of hydrogen-bond acceptors (Lipinski definition) is 5. The molecule has 3 N–H and O–H groups in total. The highest BCUT2D eigenvalue weighted by molar-refractivity contribution is 6.13. The molecule has 102 valence electrons. The van der Waals surface area contributed by atoms with Crippen molar-refractivity contribution in [2.24, 2.45) is 0 Å². The Hall–Kier alpha value is -2.96. The molecule has 0 heterocycles. The van der Waals surface area contributed by atoms with Crippen LogP contribution in [0.5, 0.6) is 11.5 Å². The largest absolute Gasteiger partial charge is 0.504 e. The van der Waals surface area contributed by atoms with Gasteiger partial charge in [0.1, 0.15) is 5.82 Å². The molecule has 0 aliphatic carbocycles. The first-order valence-electron chi connectivity index (χ1n) is 5.46. The van der Waals surface area contributed by atoms with E-state index in [9.17, 15) is 24.7 Å². The number of non-ortho nitro benzene ring substituents is 1. The Kier molecular flexibility index (Phi) is 3.34. The summed E-state index contributed by atoms with van der Waals surface area (Å²) in [6.07, 6.45) is 0. The van der Waals surface area contributed by atoms with Gasteiger partial charge in [-0.15, -0.1) is 0 Å². The van der Waals surface area contributed by atoms with Crippen LogP contribution in [0.3, 0.4) is 0 Å². The van der Waals surface area contributed by atoms with Crippen molar-refractivity contribution < 1.29 is 19.5 Å². The predicted molar refractivity (Wildman–Crippen MR) is 68.8 cm³/mol. The molecule has 0 amide bonds. The maximum Gasteiger partial charge on any atom is 0.270 e. The molecule has 2 aromatic carbocycles. The zero-order chi connectivity index (χ0) is 14.9. The van der Waals surface area contributed by atoms with E-state index in [0.29, 0.717) is 0 Å². The summed E-state index contributed by atoms with van der Waals surface area (Å²) < 4.78 is 13.7. The fourth-order valence-corrected chi connectivity index (χ4v) is 1.70. The third-order valence-electron chi connectivity index (χ3n) is 2.71. The fraction of sp³-hybridized carbons (Fsp3) is 0. The summed E-state index contributed by atoms with van der Waals surface area (Å²) >= 11 is 0. The fourth-order valence-electron chi connectivity index (χ4n) is 1.70. The second-order valence-corrected chi connectivity index (χ2v) is 3.97. The molecule has 2 rings (SSSR count). The van der Waals surface area contributed by atoms with Crippen molar-refractivity contribution in [1.82, 2.24) is 0 Å². The molecule has 0 radical (unpaired) electrons. The molecule has 0 fully saturated rings. The second kappa shape index (κ2) is 4.96. The molecule has 2 aromatic rings. The maximum atomic E-state index is 13.7. The number of phenolic OH excluding ortho intramolecular Hbond substituents is 2. The Morgan fingerprint density at radius 3 is 2.55 bits per heavy atom. The predicted octanol–water partition coefficient (Wildman–Crippen LogP) is 2.56. The summed E-state index contributed by atoms with van der Waals surface area (Å²) in [4.78, 5) is 9.96. The van der Waals surface area contributed by atoms with Gasteiger partial charge in [-0.3, -0.25) is 15.5 Å². The first-order chi connectivity index (χ1) is 9.41. The highest BCUT2D eigenvalue weighted by atomic mass is 19.1. The van der Waals surface area contributed by atoms with E-state index in [0.717, 1.165) is 18.2 Å². The van der Waals surface area contributed by atoms with E-state index in [1.165, 1.54) is 18.2 Å². The molecule has 7 heteroatoms. The summed E-state index contributed by atoms with van der Waals surface area (Å²) in [5, 5.41) is 37.5. The number of nitrogens with zero attached hydrogens (tertiary/aromatic N) is 1. The van der Waals surface area contributed by atoms with Crippen molar-refractivity contribution in [1.29, 1.82) is 5.41 Å². The molecule has 0 atom stereocenters. The molecular formula is C13H9FN2O4. The number of benzene rings is 2. The number of nitrogens with one attached hydrogen (secondary N) is 1. The van der Waals surface area contributed by atoms with Crippen LogP contribution in [0.25, 0.3) is 0 Å². The minimum atomic E-state index is -0.830. The topological polar surface area (TPSA) is 107 Å². The zero-order valence-electron chi connectivity index (χ0n) is 10.0. The second-order valence-electron chi connectivity index (χ2n) is 3.97. The van der Waals surface area contributed by atoms with Gasteiger partial charge in [-0.25, -0.2) is 4.39 Å². The van der Waals surface area contributed by atoms with Crippen LogP contribution in [-0.2, 0) is 0 Å². The summed E-state index contributed by atoms with van der Waals surface area (Å²) in [6.45, 7) is 0. The van der Waals surface area contributed by atoms with Crippen molar-refractivity contribution >= 4 is 11.4 Å². The monoisotopic (exact) mass is 276 g/mol. The third kappa shape index (κ3) is 2.28. The number of para-hydroxylation sites is 1. The molecule has 0 aliphatic rings. The van der Waals surface area contributed by atoms with E-state index < -0.39 is 28.0 Å². The van der Waals surface area contributed by atoms with Gasteiger partial charge in [0.05, 0.1) is 10.6 Å². The zero-order valence-corrected chi connectivity index (χ0v) is 10.0. The maximum absolute atomic E-state index is 13.7. The molecule has 0 spiro atoms. The van der Waals surface area contributed by atoms with Crippen molar-refractivity contribution in [2.45, 2.75) is 0 Å². The molecule has 0 unspecified atom stereocenters. The standard InChI is InChI=1S/C13H9FN2O4/c14-10-5-4-7(16(19)20)6-9(10)12(15)8-2-1-3-11(17)13(8)18/h1-6,15,17-18H. The van der Waals surface area contributed by atoms with Gasteiger partial charge in [0.2, 0.25) is 0 Å². The normalized spacial score (nSPS) is 10.2. The minimum Gasteiger partial charge on any atom is -0.504 e. The molecule has 0 aromatic heterocycles. The molecule has 0 bridgehead atoms. The molecule has 0 aliphatic heterocycles. The van der Waals surface area contributed by atoms with E-state index in [1.807, 2.05) is 0 Å². The van der Waals surface area contributed by atoms with E-state index in [-0.39, 0.29) is 16.8 Å². The van der Waals surface area contributed by atoms with Crippen LogP contribution in [0.2, 0.25) is 0 Å². The van der Waals surface area contributed by atoms with Gasteiger partial charge < -0.3 is 10.2 Å². The van der Waals surface area contributed by atoms with Gasteiger partial charge in [0.25, 0.3) is 5.69 Å². The van der Waals surface area contributed by atoms with Gasteiger partial charge in [-0.2, -0.15) is 0 Å². The average molecular weight is 276 g/mol. The number of halogens is 1. The van der Waals surface area contributed by atoms with Crippen LogP contribution in [0.4, 0.5) is 10.1 Å². The van der Waals surface area contributed by atoms with Crippen molar-refractivity contribution in [3.05, 3.63) is 63.5 Å². The lowest BCUT2D eigenvalue weighted by Gasteiger charge is -2.08. The first kappa shape index (κ1) is 13.5. The number of nitro benzene ring substituents is 1. The van der Waals surface area contributed by atoms with Crippen LogP contribution in [0.1, 0.15) is 11.1 Å². The van der Waals surface area contributed by atoms with E-state index >= 15 is 0 Å². The van der Waals surface area contributed by atoms with Gasteiger partial charge >= 0.3 is 0 Å². The molecule has 6 nitrogen and oxygen atoms in total. The first-order valence-corrected chi connectivity index (χ1v) is 5.46. The lowest BCUT2D eigenvalue weighted by atomic mass is 10.00. The smallest absolute Gasteiger partial charge is 0.270 e. The Bertz CT molecular complexity index is 716. The van der Waals surface area contributed by atoms with Crippen LogP contribution in [0.15, 0.2) is 36.4 Å². The van der Waals surface area contributed by atoms with E-state index in [1.54, 1.807) is 0 Å². The number of phenols is 2. The molecular weight excluding hydrogens is 267 g/mol. The Labute approximate surface area is 112 Å². The van der Waals surface area contributed by atoms with Gasteiger partial charge in [0.15, 0.2) is 11.5 Å². The van der Waals surface area contributed by atoms with E-state index in [4.69, 9.17) is 5.41 Å². The third-order valence-corrected chi connectivity index (χ3v) is 2.71. The van der Waals surface area contributed by atoms with Crippen molar-refractivity contribution in [3.8, 4) is 11.5 Å². The lowest BCUT2D eigenvalue weighted by Crippen LogP contribution is -2.05. The number of nitro groups is 1. The van der Waals surface area contributed by atoms with Crippen LogP contribution in [0, 0.1) is 21.3 Å². The van der Waals surface area contributed by atoms with Gasteiger partial charge in [-0.05, 0) is 18.2 Å². The average Bonchev–Trinajstić information content (AvgIpc) is 2.41.